The van der Waals surface area contributed by atoms with E-state index in [0.717, 1.165) is 5.56 Å². The number of rotatable bonds is 4. The molecular weight excluding hydrogens is 462 g/mol. The van der Waals surface area contributed by atoms with Crippen LogP contribution in [0.1, 0.15) is 30.9 Å². The molecule has 2 aliphatic heterocycles. The molecule has 0 unspecified atom stereocenters. The van der Waals surface area contributed by atoms with Crippen molar-refractivity contribution in [1.29, 1.82) is 0 Å². The third-order valence-electron chi connectivity index (χ3n) is 6.18. The molecule has 2 aromatic rings. The van der Waals surface area contributed by atoms with Gasteiger partial charge < -0.3 is 15.0 Å². The minimum atomic E-state index is -3.79. The van der Waals surface area contributed by atoms with Crippen molar-refractivity contribution in [1.82, 2.24) is 4.90 Å². The molecule has 0 saturated carbocycles. The first-order chi connectivity index (χ1) is 15.7. The van der Waals surface area contributed by atoms with Gasteiger partial charge in [-0.3, -0.25) is 4.79 Å². The third-order valence-corrected chi connectivity index (χ3v) is 8.06. The van der Waals surface area contributed by atoms with Crippen LogP contribution in [0.4, 0.5) is 5.69 Å². The highest BCUT2D eigenvalue weighted by Gasteiger charge is 2.35. The van der Waals surface area contributed by atoms with Crippen LogP contribution < -0.4 is 10.1 Å². The Labute approximate surface area is 199 Å². The van der Waals surface area contributed by atoms with Crippen LogP contribution in [0, 0.1) is 12.8 Å². The summed E-state index contributed by atoms with van der Waals surface area (Å²) in [6.45, 7) is 4.75. The third kappa shape index (κ3) is 4.63. The highest BCUT2D eigenvalue weighted by Crippen LogP contribution is 2.35. The van der Waals surface area contributed by atoms with Crippen LogP contribution in [0.5, 0.6) is 5.75 Å². The van der Waals surface area contributed by atoms with Crippen LogP contribution in [0.25, 0.3) is 4.91 Å². The van der Waals surface area contributed by atoms with Crippen molar-refractivity contribution >= 4 is 44.0 Å². The summed E-state index contributed by atoms with van der Waals surface area (Å²) >= 11 is 6.15. The normalized spacial score (nSPS) is 18.3. The van der Waals surface area contributed by atoms with Gasteiger partial charge in [-0.2, -0.15) is 8.42 Å². The summed E-state index contributed by atoms with van der Waals surface area (Å²) in [6.07, 6.45) is 1.21. The first-order valence-electron chi connectivity index (χ1n) is 10.7. The molecule has 7 nitrogen and oxygen atoms in total. The van der Waals surface area contributed by atoms with Gasteiger partial charge in [0.05, 0.1) is 7.11 Å². The lowest BCUT2D eigenvalue weighted by Gasteiger charge is -2.33. The number of carbonyl (C=O) groups is 1. The summed E-state index contributed by atoms with van der Waals surface area (Å²) in [6, 6.07) is 12.3. The summed E-state index contributed by atoms with van der Waals surface area (Å²) in [5.74, 6) is 0.906. The quantitative estimate of drug-likeness (QED) is 0.686. The maximum atomic E-state index is 12.8. The van der Waals surface area contributed by atoms with E-state index < -0.39 is 10.0 Å². The van der Waals surface area contributed by atoms with E-state index in [4.69, 9.17) is 16.3 Å². The average molecular weight is 488 g/mol. The van der Waals surface area contributed by atoms with Crippen LogP contribution in [0.2, 0.25) is 5.02 Å². The minimum Gasteiger partial charge on any atom is -0.497 e. The molecule has 4 rings (SSSR count). The Morgan fingerprint density at radius 1 is 1.12 bits per heavy atom. The molecular formula is C24H26ClN3O4S. The lowest BCUT2D eigenvalue weighted by atomic mass is 9.95. The molecule has 1 amide bonds. The van der Waals surface area contributed by atoms with Crippen LogP contribution >= 0.6 is 11.6 Å². The molecule has 0 atom stereocenters. The van der Waals surface area contributed by atoms with Gasteiger partial charge in [-0.1, -0.05) is 17.7 Å². The zero-order chi connectivity index (χ0) is 23.8. The van der Waals surface area contributed by atoms with Crippen LogP contribution in [-0.4, -0.2) is 45.3 Å². The van der Waals surface area contributed by atoms with Crippen LogP contribution in [0.3, 0.4) is 0 Å². The Kier molecular flexibility index (Phi) is 6.50. The van der Waals surface area contributed by atoms with Gasteiger partial charge >= 0.3 is 0 Å². The molecule has 0 aliphatic carbocycles. The number of anilines is 1. The number of amidine groups is 1. The number of amides is 1. The van der Waals surface area contributed by atoms with Crippen molar-refractivity contribution in [2.45, 2.75) is 26.7 Å². The second-order valence-electron chi connectivity index (χ2n) is 8.24. The maximum Gasteiger partial charge on any atom is 0.285 e. The fourth-order valence-electron chi connectivity index (χ4n) is 4.26. The molecule has 0 radical (unpaired) electrons. The van der Waals surface area contributed by atoms with Gasteiger partial charge in [0.15, 0.2) is 0 Å². The fourth-order valence-corrected chi connectivity index (χ4v) is 5.91. The summed E-state index contributed by atoms with van der Waals surface area (Å²) in [7, 11) is -2.23. The van der Waals surface area contributed by atoms with Crippen molar-refractivity contribution in [3.05, 3.63) is 64.2 Å². The molecule has 9 heteroatoms. The lowest BCUT2D eigenvalue weighted by molar-refractivity contribution is -0.121. The predicted molar refractivity (Wildman–Crippen MR) is 131 cm³/mol. The largest absolute Gasteiger partial charge is 0.497 e. The zero-order valence-corrected chi connectivity index (χ0v) is 20.3. The molecule has 0 aromatic heterocycles. The number of likely N-dealkylation sites (tertiary alicyclic amines) is 1. The number of halogens is 1. The Bertz CT molecular complexity index is 1240. The molecule has 1 fully saturated rings. The van der Waals surface area contributed by atoms with Crippen LogP contribution in [0.15, 0.2) is 52.4 Å². The van der Waals surface area contributed by atoms with Crippen LogP contribution in [-0.2, 0) is 14.8 Å². The molecule has 0 bridgehead atoms. The van der Waals surface area contributed by atoms with Gasteiger partial charge in [0, 0.05) is 35.3 Å². The zero-order valence-electron chi connectivity index (χ0n) is 18.8. The first-order valence-corrected chi connectivity index (χ1v) is 12.5. The number of hydrogen-bond donors (Lipinski definition) is 1. The number of benzene rings is 2. The van der Waals surface area contributed by atoms with Gasteiger partial charge in [0.2, 0.25) is 5.91 Å². The van der Waals surface area contributed by atoms with E-state index >= 15 is 0 Å². The van der Waals surface area contributed by atoms with Crippen molar-refractivity contribution in [2.75, 3.05) is 25.5 Å². The number of nitrogens with one attached hydrogen (secondary N) is 1. The standard InChI is InChI=1S/C24H26ClN3O4S/c1-15-20(25)5-4-6-21(15)26-24(29)18-11-13-28(14-12-18)23-16(2)22(33(30,31)27-23)17-7-9-19(32-3)10-8-17/h4-10,18H,11-14H2,1-3H3,(H,26,29). The highest BCUT2D eigenvalue weighted by atomic mass is 35.5. The predicted octanol–water partition coefficient (Wildman–Crippen LogP) is 4.48. The second kappa shape index (κ2) is 9.19. The number of piperidine rings is 1. The molecule has 33 heavy (non-hydrogen) atoms. The molecule has 2 aromatic carbocycles. The van der Waals surface area contributed by atoms with Crippen molar-refractivity contribution in [3.8, 4) is 5.75 Å². The molecule has 1 N–H and O–H groups in total. The number of nitrogens with zero attached hydrogens (tertiary/aromatic N) is 2. The number of sulfonamides is 1. The average Bonchev–Trinajstić information content (AvgIpc) is 3.05. The van der Waals surface area contributed by atoms with E-state index in [9.17, 15) is 13.2 Å². The summed E-state index contributed by atoms with van der Waals surface area (Å²) < 4.78 is 34.9. The Morgan fingerprint density at radius 2 is 1.79 bits per heavy atom. The van der Waals surface area contributed by atoms with Crippen molar-refractivity contribution in [3.63, 3.8) is 0 Å². The smallest absolute Gasteiger partial charge is 0.285 e. The van der Waals surface area contributed by atoms with Gasteiger partial charge in [-0.15, -0.1) is 4.40 Å². The van der Waals surface area contributed by atoms with E-state index in [-0.39, 0.29) is 16.7 Å². The number of methoxy groups -OCH3 is 1. The number of ether oxygens (including phenoxy) is 1. The Hall–Kier alpha value is -2.84. The van der Waals surface area contributed by atoms with E-state index in [0.29, 0.717) is 59.4 Å². The lowest BCUT2D eigenvalue weighted by Crippen LogP contribution is -2.41. The SMILES string of the molecule is COc1ccc(C2=C(C)C(N3CCC(C(=O)Nc4cccc(Cl)c4C)CC3)=NS2(=O)=O)cc1. The molecule has 1 saturated heterocycles. The van der Waals surface area contributed by atoms with E-state index in [1.165, 1.54) is 0 Å². The van der Waals surface area contributed by atoms with Gasteiger partial charge in [0.1, 0.15) is 16.5 Å². The van der Waals surface area contributed by atoms with Gasteiger partial charge in [0.25, 0.3) is 10.0 Å². The van der Waals surface area contributed by atoms with Crippen molar-refractivity contribution < 1.29 is 17.9 Å². The first kappa shape index (κ1) is 23.3. The Balaban J connectivity index is 1.46. The van der Waals surface area contributed by atoms with Crippen molar-refractivity contribution in [2.24, 2.45) is 10.3 Å². The van der Waals surface area contributed by atoms with E-state index in [2.05, 4.69) is 9.71 Å². The Morgan fingerprint density at radius 3 is 2.42 bits per heavy atom. The van der Waals surface area contributed by atoms with Gasteiger partial charge in [-0.05, 0) is 74.2 Å². The number of carbonyl (C=O) groups excluding carboxylic acids is 1. The molecule has 0 spiro atoms. The summed E-state index contributed by atoms with van der Waals surface area (Å²) in [4.78, 5) is 15.0. The van der Waals surface area contributed by atoms with E-state index in [1.54, 1.807) is 44.4 Å². The molecule has 2 aliphatic rings. The monoisotopic (exact) mass is 487 g/mol. The summed E-state index contributed by atoms with van der Waals surface area (Å²) in [5.41, 5.74) is 2.75. The number of hydrogen-bond acceptors (Lipinski definition) is 5. The molecule has 2 heterocycles. The van der Waals surface area contributed by atoms with E-state index in [1.807, 2.05) is 24.0 Å². The second-order valence-corrected chi connectivity index (χ2v) is 10.2. The molecule has 174 valence electrons. The van der Waals surface area contributed by atoms with Gasteiger partial charge in [-0.25, -0.2) is 0 Å². The highest BCUT2D eigenvalue weighted by molar-refractivity contribution is 8.00. The maximum absolute atomic E-state index is 12.8. The topological polar surface area (TPSA) is 88.1 Å². The fraction of sp³-hybridized carbons (Fsp3) is 0.333. The minimum absolute atomic E-state index is 0.0489. The summed E-state index contributed by atoms with van der Waals surface area (Å²) in [5, 5.41) is 3.59.